The van der Waals surface area contributed by atoms with Crippen molar-refractivity contribution in [3.8, 4) is 0 Å². The van der Waals surface area contributed by atoms with Crippen LogP contribution in [-0.2, 0) is 9.59 Å². The Labute approximate surface area is 127 Å². The number of rotatable bonds is 2. The van der Waals surface area contributed by atoms with Gasteiger partial charge in [0, 0.05) is 37.5 Å². The minimum absolute atomic E-state index is 0.256. The molecule has 3 aliphatic heterocycles. The maximum absolute atomic E-state index is 12.8. The van der Waals surface area contributed by atoms with E-state index < -0.39 is 0 Å². The fourth-order valence-electron chi connectivity index (χ4n) is 4.36. The van der Waals surface area contributed by atoms with E-state index >= 15 is 0 Å². The number of amides is 2. The molecule has 0 N–H and O–H groups in total. The van der Waals surface area contributed by atoms with Gasteiger partial charge >= 0.3 is 0 Å². The molecule has 3 aliphatic rings. The maximum Gasteiger partial charge on any atom is 0.228 e. The molecule has 21 heavy (non-hydrogen) atoms. The summed E-state index contributed by atoms with van der Waals surface area (Å²) in [4.78, 5) is 29.1. The Morgan fingerprint density at radius 3 is 2.76 bits per heavy atom. The van der Waals surface area contributed by atoms with Gasteiger partial charge in [0.2, 0.25) is 11.8 Å². The van der Waals surface area contributed by atoms with Gasteiger partial charge in [-0.2, -0.15) is 0 Å². The number of hydrogen-bond acceptors (Lipinski definition) is 2. The predicted molar refractivity (Wildman–Crippen MR) is 81.6 cm³/mol. The Kier molecular flexibility index (Phi) is 3.74. The molecule has 0 aromatic carbocycles. The first kappa shape index (κ1) is 14.9. The summed E-state index contributed by atoms with van der Waals surface area (Å²) >= 11 is 0. The van der Waals surface area contributed by atoms with Crippen molar-refractivity contribution in [3.05, 3.63) is 0 Å². The van der Waals surface area contributed by atoms with Crippen molar-refractivity contribution in [1.82, 2.24) is 9.80 Å². The molecule has 3 saturated heterocycles. The van der Waals surface area contributed by atoms with Gasteiger partial charge in [-0.15, -0.1) is 0 Å². The molecule has 0 aliphatic carbocycles. The minimum Gasteiger partial charge on any atom is -0.342 e. The number of nitrogens with zero attached hydrogens (tertiary/aromatic N) is 2. The summed E-state index contributed by atoms with van der Waals surface area (Å²) < 4.78 is 0. The van der Waals surface area contributed by atoms with Crippen molar-refractivity contribution in [1.29, 1.82) is 0 Å². The van der Waals surface area contributed by atoms with E-state index in [-0.39, 0.29) is 5.41 Å². The summed E-state index contributed by atoms with van der Waals surface area (Å²) in [6.07, 6.45) is 4.95. The Bertz CT molecular complexity index is 446. The summed E-state index contributed by atoms with van der Waals surface area (Å²) in [6, 6.07) is 0.392. The smallest absolute Gasteiger partial charge is 0.228 e. The summed E-state index contributed by atoms with van der Waals surface area (Å²) in [6.45, 7) is 8.76. The van der Waals surface area contributed by atoms with Crippen LogP contribution < -0.4 is 0 Å². The van der Waals surface area contributed by atoms with Crippen LogP contribution in [0.25, 0.3) is 0 Å². The monoisotopic (exact) mass is 292 g/mol. The third kappa shape index (κ3) is 2.58. The summed E-state index contributed by atoms with van der Waals surface area (Å²) in [5, 5.41) is 0. The van der Waals surface area contributed by atoms with Gasteiger partial charge in [0.05, 0.1) is 0 Å². The zero-order valence-corrected chi connectivity index (χ0v) is 13.6. The van der Waals surface area contributed by atoms with Crippen LogP contribution in [-0.4, -0.2) is 47.3 Å². The van der Waals surface area contributed by atoms with E-state index in [1.807, 2.05) is 0 Å². The van der Waals surface area contributed by atoms with Gasteiger partial charge in [-0.05, 0) is 37.5 Å². The lowest BCUT2D eigenvalue weighted by Crippen LogP contribution is -2.62. The lowest BCUT2D eigenvalue weighted by Gasteiger charge is -2.53. The minimum atomic E-state index is -0.256. The Morgan fingerprint density at radius 2 is 2.05 bits per heavy atom. The van der Waals surface area contributed by atoms with Crippen LogP contribution in [0.2, 0.25) is 0 Å². The predicted octanol–water partition coefficient (Wildman–Crippen LogP) is 2.28. The lowest BCUT2D eigenvalue weighted by atomic mass is 9.75. The second-order valence-corrected chi connectivity index (χ2v) is 7.82. The van der Waals surface area contributed by atoms with E-state index in [2.05, 4.69) is 30.6 Å². The molecule has 3 atom stereocenters. The summed E-state index contributed by atoms with van der Waals surface area (Å²) in [5.74, 6) is 1.63. The summed E-state index contributed by atoms with van der Waals surface area (Å²) in [5.41, 5.74) is -0.256. The molecule has 0 aromatic heterocycles. The molecule has 118 valence electrons. The molecule has 0 aromatic rings. The van der Waals surface area contributed by atoms with Gasteiger partial charge in [0.1, 0.15) is 0 Å². The van der Waals surface area contributed by atoms with Crippen molar-refractivity contribution in [2.75, 3.05) is 19.6 Å². The first-order valence-electron chi connectivity index (χ1n) is 8.51. The maximum atomic E-state index is 12.8. The second kappa shape index (κ2) is 5.29. The number of fused-ring (bicyclic) bond motifs is 4. The highest BCUT2D eigenvalue weighted by atomic mass is 16.2. The molecular weight excluding hydrogens is 264 g/mol. The number of piperidine rings is 3. The van der Waals surface area contributed by atoms with E-state index in [9.17, 15) is 9.59 Å². The zero-order valence-electron chi connectivity index (χ0n) is 13.6. The molecule has 2 amide bonds. The average molecular weight is 292 g/mol. The van der Waals surface area contributed by atoms with E-state index in [1.54, 1.807) is 0 Å². The first-order chi connectivity index (χ1) is 9.92. The molecule has 0 saturated carbocycles. The molecule has 0 spiro atoms. The molecule has 4 nitrogen and oxygen atoms in total. The molecular formula is C17H28N2O2. The van der Waals surface area contributed by atoms with Gasteiger partial charge in [0.15, 0.2) is 0 Å². The van der Waals surface area contributed by atoms with Crippen LogP contribution in [0.4, 0.5) is 0 Å². The topological polar surface area (TPSA) is 40.6 Å². The van der Waals surface area contributed by atoms with Gasteiger partial charge in [-0.3, -0.25) is 9.59 Å². The van der Waals surface area contributed by atoms with E-state index in [0.29, 0.717) is 29.7 Å². The van der Waals surface area contributed by atoms with Crippen LogP contribution in [0, 0.1) is 17.3 Å². The van der Waals surface area contributed by atoms with E-state index in [4.69, 9.17) is 0 Å². The normalized spacial score (nSPS) is 32.9. The SMILES string of the molecule is CCC(C)(C)C(=O)N1CC2CC(C1)[C@H]1CCCC(=O)N1C2. The van der Waals surface area contributed by atoms with Crippen LogP contribution >= 0.6 is 0 Å². The number of carbonyl (C=O) groups excluding carboxylic acids is 2. The second-order valence-electron chi connectivity index (χ2n) is 7.82. The number of likely N-dealkylation sites (tertiary alicyclic amines) is 1. The third-order valence-corrected chi connectivity index (χ3v) is 5.93. The van der Waals surface area contributed by atoms with Crippen LogP contribution in [0.1, 0.15) is 52.9 Å². The van der Waals surface area contributed by atoms with Crippen molar-refractivity contribution in [3.63, 3.8) is 0 Å². The zero-order chi connectivity index (χ0) is 15.2. The molecule has 3 rings (SSSR count). The third-order valence-electron chi connectivity index (χ3n) is 5.93. The van der Waals surface area contributed by atoms with Crippen LogP contribution in [0.3, 0.4) is 0 Å². The largest absolute Gasteiger partial charge is 0.342 e. The van der Waals surface area contributed by atoms with Crippen molar-refractivity contribution in [2.45, 2.75) is 58.9 Å². The Balaban J connectivity index is 1.75. The first-order valence-corrected chi connectivity index (χ1v) is 8.51. The van der Waals surface area contributed by atoms with Crippen molar-refractivity contribution >= 4 is 11.8 Å². The molecule has 2 unspecified atom stereocenters. The van der Waals surface area contributed by atoms with Crippen molar-refractivity contribution in [2.24, 2.45) is 17.3 Å². The average Bonchev–Trinajstić information content (AvgIpc) is 2.47. The van der Waals surface area contributed by atoms with Crippen LogP contribution in [0.15, 0.2) is 0 Å². The highest BCUT2D eigenvalue weighted by Gasteiger charge is 2.46. The highest BCUT2D eigenvalue weighted by Crippen LogP contribution is 2.39. The highest BCUT2D eigenvalue weighted by molar-refractivity contribution is 5.82. The fourth-order valence-corrected chi connectivity index (χ4v) is 4.36. The van der Waals surface area contributed by atoms with Gasteiger partial charge in [-0.1, -0.05) is 20.8 Å². The molecule has 4 heteroatoms. The van der Waals surface area contributed by atoms with E-state index in [0.717, 1.165) is 45.3 Å². The quantitative estimate of drug-likeness (QED) is 0.783. The molecule has 3 fully saturated rings. The fraction of sp³-hybridized carbons (Fsp3) is 0.882. The van der Waals surface area contributed by atoms with E-state index in [1.165, 1.54) is 6.42 Å². The Hall–Kier alpha value is -1.06. The van der Waals surface area contributed by atoms with Gasteiger partial charge < -0.3 is 9.80 Å². The number of carbonyl (C=O) groups is 2. The lowest BCUT2D eigenvalue weighted by molar-refractivity contribution is -0.152. The Morgan fingerprint density at radius 1 is 1.29 bits per heavy atom. The molecule has 3 heterocycles. The standard InChI is InChI=1S/C17H28N2O2/c1-4-17(2,3)16(21)18-9-12-8-13(11-18)14-6-5-7-15(20)19(14)10-12/h12-14H,4-11H2,1-3H3/t12?,13?,14-/m1/s1. The summed E-state index contributed by atoms with van der Waals surface area (Å²) in [7, 11) is 0. The van der Waals surface area contributed by atoms with Crippen molar-refractivity contribution < 1.29 is 9.59 Å². The number of hydrogen-bond donors (Lipinski definition) is 0. The molecule has 0 radical (unpaired) electrons. The van der Waals surface area contributed by atoms with Crippen LogP contribution in [0.5, 0.6) is 0 Å². The van der Waals surface area contributed by atoms with Gasteiger partial charge in [0.25, 0.3) is 0 Å². The van der Waals surface area contributed by atoms with Gasteiger partial charge in [-0.25, -0.2) is 0 Å². The molecule has 2 bridgehead atoms.